The maximum absolute atomic E-state index is 13.0. The lowest BCUT2D eigenvalue weighted by Crippen LogP contribution is -2.33. The first-order valence-corrected chi connectivity index (χ1v) is 9.68. The number of nitrogens with zero attached hydrogens (tertiary/aromatic N) is 6. The van der Waals surface area contributed by atoms with Crippen LogP contribution in [-0.4, -0.2) is 54.9 Å². The number of para-hydroxylation sites is 1. The second-order valence-electron chi connectivity index (χ2n) is 7.39. The molecule has 0 bridgehead atoms. The molecule has 0 fully saturated rings. The number of aromatic nitrogens is 6. The van der Waals surface area contributed by atoms with Gasteiger partial charge in [-0.3, -0.25) is 10.00 Å². The summed E-state index contributed by atoms with van der Waals surface area (Å²) in [6, 6.07) is 5.52. The molecule has 9 nitrogen and oxygen atoms in total. The van der Waals surface area contributed by atoms with Gasteiger partial charge in [-0.25, -0.2) is 9.97 Å². The van der Waals surface area contributed by atoms with Crippen LogP contribution in [0, 0.1) is 0 Å². The zero-order valence-electron chi connectivity index (χ0n) is 16.6. The topological polar surface area (TPSA) is 110 Å². The van der Waals surface area contributed by atoms with E-state index in [9.17, 15) is 13.2 Å². The number of benzene rings is 1. The van der Waals surface area contributed by atoms with Gasteiger partial charge in [-0.2, -0.15) is 22.8 Å². The van der Waals surface area contributed by atoms with Crippen molar-refractivity contribution in [2.24, 2.45) is 0 Å². The van der Waals surface area contributed by atoms with E-state index in [1.165, 1.54) is 4.52 Å². The summed E-state index contributed by atoms with van der Waals surface area (Å²) in [6.45, 7) is 1.47. The third-order valence-electron chi connectivity index (χ3n) is 5.49. The van der Waals surface area contributed by atoms with Crippen LogP contribution in [0.25, 0.3) is 16.6 Å². The van der Waals surface area contributed by atoms with Crippen molar-refractivity contribution in [2.75, 3.05) is 25.9 Å². The number of methoxy groups -OCH3 is 1. The van der Waals surface area contributed by atoms with Gasteiger partial charge in [0, 0.05) is 37.0 Å². The number of nitrogens with one attached hydrogen (secondary N) is 1. The first-order valence-electron chi connectivity index (χ1n) is 9.68. The number of ether oxygens (including phenoxy) is 1. The fraction of sp³-hybridized carbons (Fsp3) is 0.368. The van der Waals surface area contributed by atoms with E-state index in [2.05, 4.69) is 30.2 Å². The number of fused-ring (bicyclic) bond motifs is 4. The minimum atomic E-state index is -4.44. The molecule has 0 amide bonds. The highest BCUT2D eigenvalue weighted by molar-refractivity contribution is 5.95. The van der Waals surface area contributed by atoms with Crippen molar-refractivity contribution in [1.29, 1.82) is 0 Å². The van der Waals surface area contributed by atoms with E-state index in [0.29, 0.717) is 60.9 Å². The number of anilines is 1. The second-order valence-corrected chi connectivity index (χ2v) is 7.39. The first-order chi connectivity index (χ1) is 14.8. The summed E-state index contributed by atoms with van der Waals surface area (Å²) < 4.78 is 45.9. The zero-order valence-corrected chi connectivity index (χ0v) is 16.6. The van der Waals surface area contributed by atoms with Crippen molar-refractivity contribution in [3.8, 4) is 5.75 Å². The van der Waals surface area contributed by atoms with Crippen LogP contribution in [0.5, 0.6) is 5.75 Å². The van der Waals surface area contributed by atoms with E-state index in [1.54, 1.807) is 13.2 Å². The Bertz CT molecular complexity index is 1280. The molecule has 4 aromatic rings. The Labute approximate surface area is 174 Å². The van der Waals surface area contributed by atoms with Crippen LogP contribution >= 0.6 is 0 Å². The monoisotopic (exact) mass is 432 g/mol. The number of halogens is 3. The first kappa shape index (κ1) is 19.5. The van der Waals surface area contributed by atoms with E-state index in [0.717, 1.165) is 5.39 Å². The van der Waals surface area contributed by atoms with Crippen LogP contribution in [-0.2, 0) is 25.6 Å². The molecular formula is C19H19F3N8O. The Hall–Kier alpha value is -3.41. The molecule has 3 N–H and O–H groups in total. The van der Waals surface area contributed by atoms with Gasteiger partial charge >= 0.3 is 6.18 Å². The summed E-state index contributed by atoms with van der Waals surface area (Å²) >= 11 is 0. The Morgan fingerprint density at radius 2 is 2.10 bits per heavy atom. The van der Waals surface area contributed by atoms with Crippen LogP contribution in [0.2, 0.25) is 0 Å². The number of hydrogen-bond acceptors (Lipinski definition) is 7. The van der Waals surface area contributed by atoms with Gasteiger partial charge in [0.15, 0.2) is 17.2 Å². The molecule has 0 saturated carbocycles. The Balaban J connectivity index is 1.37. The highest BCUT2D eigenvalue weighted by Gasteiger charge is 2.39. The van der Waals surface area contributed by atoms with Crippen molar-refractivity contribution in [3.63, 3.8) is 0 Å². The second kappa shape index (κ2) is 7.08. The van der Waals surface area contributed by atoms with Crippen LogP contribution in [0.1, 0.15) is 22.8 Å². The highest BCUT2D eigenvalue weighted by Crippen LogP contribution is 2.33. The van der Waals surface area contributed by atoms with E-state index in [-0.39, 0.29) is 11.5 Å². The van der Waals surface area contributed by atoms with Gasteiger partial charge in [-0.1, -0.05) is 6.07 Å². The number of nitrogens with two attached hydrogens (primary N) is 1. The van der Waals surface area contributed by atoms with Crippen molar-refractivity contribution in [3.05, 3.63) is 41.0 Å². The third-order valence-corrected chi connectivity index (χ3v) is 5.49. The average molecular weight is 432 g/mol. The number of rotatable bonds is 4. The molecule has 0 aliphatic carbocycles. The van der Waals surface area contributed by atoms with Crippen LogP contribution in [0.3, 0.4) is 0 Å². The molecule has 0 spiro atoms. The van der Waals surface area contributed by atoms with Gasteiger partial charge in [-0.05, 0) is 18.6 Å². The minimum absolute atomic E-state index is 0.200. The fourth-order valence-corrected chi connectivity index (χ4v) is 4.00. The number of hydrogen-bond donors (Lipinski definition) is 2. The smallest absolute Gasteiger partial charge is 0.435 e. The standard InChI is InChI=1S/C19H19F3N8O/c1-31-13-4-2-3-11-15(13)25-18(23)30-17(11)24-14(28-30)6-8-29-7-5-10-12(9-29)26-27-16(10)19(20,21)22/h2-4H,5-9H2,1H3,(H2,23,25)(H,26,27). The Morgan fingerprint density at radius 1 is 1.26 bits per heavy atom. The Morgan fingerprint density at radius 3 is 2.87 bits per heavy atom. The van der Waals surface area contributed by atoms with Crippen molar-refractivity contribution >= 4 is 22.5 Å². The predicted molar refractivity (Wildman–Crippen MR) is 106 cm³/mol. The molecule has 31 heavy (non-hydrogen) atoms. The molecule has 1 aliphatic rings. The van der Waals surface area contributed by atoms with Crippen molar-refractivity contribution in [1.82, 2.24) is 34.7 Å². The van der Waals surface area contributed by atoms with Gasteiger partial charge in [0.2, 0.25) is 5.95 Å². The van der Waals surface area contributed by atoms with E-state index in [4.69, 9.17) is 10.5 Å². The summed E-state index contributed by atoms with van der Waals surface area (Å²) in [6.07, 6.45) is -3.63. The molecule has 12 heteroatoms. The fourth-order valence-electron chi connectivity index (χ4n) is 4.00. The van der Waals surface area contributed by atoms with Crippen LogP contribution < -0.4 is 10.5 Å². The molecule has 0 atom stereocenters. The summed E-state index contributed by atoms with van der Waals surface area (Å²) in [5.74, 6) is 1.37. The third kappa shape index (κ3) is 3.32. The number of alkyl halides is 3. The van der Waals surface area contributed by atoms with Gasteiger partial charge in [-0.15, -0.1) is 5.10 Å². The zero-order chi connectivity index (χ0) is 21.8. The highest BCUT2D eigenvalue weighted by atomic mass is 19.4. The molecule has 0 saturated heterocycles. The van der Waals surface area contributed by atoms with Gasteiger partial charge in [0.1, 0.15) is 11.3 Å². The number of H-pyrrole nitrogens is 1. The molecule has 162 valence electrons. The molecule has 3 aromatic heterocycles. The molecule has 0 radical (unpaired) electrons. The number of aromatic amines is 1. The van der Waals surface area contributed by atoms with Crippen LogP contribution in [0.4, 0.5) is 19.1 Å². The number of nitrogen functional groups attached to an aromatic ring is 1. The van der Waals surface area contributed by atoms with E-state index in [1.807, 2.05) is 12.1 Å². The van der Waals surface area contributed by atoms with Gasteiger partial charge in [0.05, 0.1) is 12.8 Å². The summed E-state index contributed by atoms with van der Waals surface area (Å²) in [4.78, 5) is 11.1. The molecule has 0 unspecified atom stereocenters. The van der Waals surface area contributed by atoms with Crippen molar-refractivity contribution in [2.45, 2.75) is 25.6 Å². The Kier molecular flexibility index (Phi) is 4.46. The summed E-state index contributed by atoms with van der Waals surface area (Å²) in [7, 11) is 1.56. The lowest BCUT2D eigenvalue weighted by Gasteiger charge is -2.26. The SMILES string of the molecule is COc1cccc2c1nc(N)n1nc(CCN3CCc4c(C(F)(F)F)n[nH]c4C3)nc21. The molecule has 1 aromatic carbocycles. The average Bonchev–Trinajstić information content (AvgIpc) is 3.36. The lowest BCUT2D eigenvalue weighted by atomic mass is 10.0. The summed E-state index contributed by atoms with van der Waals surface area (Å²) in [5.41, 5.74) is 7.22. The van der Waals surface area contributed by atoms with E-state index < -0.39 is 11.9 Å². The van der Waals surface area contributed by atoms with Crippen LogP contribution in [0.15, 0.2) is 18.2 Å². The quantitative estimate of drug-likeness (QED) is 0.509. The van der Waals surface area contributed by atoms with E-state index >= 15 is 0 Å². The lowest BCUT2D eigenvalue weighted by molar-refractivity contribution is -0.141. The van der Waals surface area contributed by atoms with Crippen molar-refractivity contribution < 1.29 is 17.9 Å². The maximum atomic E-state index is 13.0. The molecular weight excluding hydrogens is 413 g/mol. The molecule has 1 aliphatic heterocycles. The summed E-state index contributed by atoms with van der Waals surface area (Å²) in [5, 5.41) is 11.2. The minimum Gasteiger partial charge on any atom is -0.494 e. The largest absolute Gasteiger partial charge is 0.494 e. The molecule has 5 rings (SSSR count). The normalized spacial score (nSPS) is 15.0. The van der Waals surface area contributed by atoms with Gasteiger partial charge in [0.25, 0.3) is 0 Å². The maximum Gasteiger partial charge on any atom is 0.435 e. The van der Waals surface area contributed by atoms with Gasteiger partial charge < -0.3 is 10.5 Å². The predicted octanol–water partition coefficient (Wildman–Crippen LogP) is 2.21. The molecule has 4 heterocycles.